The predicted octanol–water partition coefficient (Wildman–Crippen LogP) is 1.68. The number of fused-ring (bicyclic) bond motifs is 1. The highest BCUT2D eigenvalue weighted by molar-refractivity contribution is 6.21. The normalized spacial score (nSPS) is 15.1. The number of rotatable bonds is 5. The molecule has 0 aliphatic carbocycles. The number of ether oxygens (including phenoxy) is 1. The molecule has 1 aromatic carbocycles. The van der Waals surface area contributed by atoms with E-state index < -0.39 is 40.7 Å². The fourth-order valence-corrected chi connectivity index (χ4v) is 3.02. The van der Waals surface area contributed by atoms with Gasteiger partial charge in [0.25, 0.3) is 17.4 Å². The van der Waals surface area contributed by atoms with E-state index in [4.69, 9.17) is 4.74 Å². The third kappa shape index (κ3) is 3.79. The summed E-state index contributed by atoms with van der Waals surface area (Å²) in [6, 6.07) is 6.48. The van der Waals surface area contributed by atoms with Crippen molar-refractivity contribution in [2.45, 2.75) is 39.0 Å². The van der Waals surface area contributed by atoms with Crippen LogP contribution in [0.2, 0.25) is 0 Å². The van der Waals surface area contributed by atoms with E-state index in [-0.39, 0.29) is 13.0 Å². The molecule has 2 aromatic rings. The number of carbonyl (C=O) groups is 2. The second-order valence-corrected chi connectivity index (χ2v) is 7.42. The number of amides is 2. The lowest BCUT2D eigenvalue weighted by molar-refractivity contribution is -0.103. The first-order valence-electron chi connectivity index (χ1n) is 8.72. The second-order valence-electron chi connectivity index (χ2n) is 7.42. The molecule has 0 fully saturated rings. The SMILES string of the molecule is CC(C)(C)OC(CCN1C(=O)c2ccccc2C1=O)n1cc(F)c(=O)[nH]c1=O. The van der Waals surface area contributed by atoms with Crippen molar-refractivity contribution in [2.24, 2.45) is 0 Å². The van der Waals surface area contributed by atoms with Crippen LogP contribution >= 0.6 is 0 Å². The van der Waals surface area contributed by atoms with E-state index in [0.717, 1.165) is 15.7 Å². The molecule has 1 aliphatic heterocycles. The highest BCUT2D eigenvalue weighted by Crippen LogP contribution is 2.25. The van der Waals surface area contributed by atoms with Crippen molar-refractivity contribution in [2.75, 3.05) is 6.54 Å². The fraction of sp³-hybridized carbons (Fsp3) is 0.368. The molecule has 0 radical (unpaired) electrons. The van der Waals surface area contributed by atoms with Crippen molar-refractivity contribution >= 4 is 11.8 Å². The van der Waals surface area contributed by atoms with E-state index >= 15 is 0 Å². The molecular formula is C19H20FN3O5. The Morgan fingerprint density at radius 1 is 1.07 bits per heavy atom. The number of aromatic amines is 1. The molecule has 0 saturated heterocycles. The van der Waals surface area contributed by atoms with Gasteiger partial charge in [-0.1, -0.05) is 12.1 Å². The molecule has 1 atom stereocenters. The van der Waals surface area contributed by atoms with Gasteiger partial charge in [0.15, 0.2) is 0 Å². The fourth-order valence-electron chi connectivity index (χ4n) is 3.02. The summed E-state index contributed by atoms with van der Waals surface area (Å²) in [7, 11) is 0. The lowest BCUT2D eigenvalue weighted by Gasteiger charge is -2.29. The quantitative estimate of drug-likeness (QED) is 0.784. The average molecular weight is 389 g/mol. The average Bonchev–Trinajstić information content (AvgIpc) is 2.85. The van der Waals surface area contributed by atoms with E-state index in [1.807, 2.05) is 4.98 Å². The van der Waals surface area contributed by atoms with Gasteiger partial charge in [-0.05, 0) is 32.9 Å². The van der Waals surface area contributed by atoms with Gasteiger partial charge in [0.05, 0.1) is 22.9 Å². The number of hydrogen-bond acceptors (Lipinski definition) is 5. The van der Waals surface area contributed by atoms with Crippen molar-refractivity contribution in [3.05, 3.63) is 68.2 Å². The Hall–Kier alpha value is -3.07. The van der Waals surface area contributed by atoms with Gasteiger partial charge >= 0.3 is 5.69 Å². The van der Waals surface area contributed by atoms with Crippen LogP contribution in [0.25, 0.3) is 0 Å². The van der Waals surface area contributed by atoms with Crippen molar-refractivity contribution < 1.29 is 18.7 Å². The van der Waals surface area contributed by atoms with Crippen LogP contribution in [-0.2, 0) is 4.74 Å². The summed E-state index contributed by atoms with van der Waals surface area (Å²) in [5.74, 6) is -2.01. The third-order valence-corrected chi connectivity index (χ3v) is 4.20. The molecule has 1 N–H and O–H groups in total. The lowest BCUT2D eigenvalue weighted by Crippen LogP contribution is -2.39. The van der Waals surface area contributed by atoms with Crippen LogP contribution in [0, 0.1) is 5.82 Å². The minimum atomic E-state index is -1.14. The molecule has 1 unspecified atom stereocenters. The zero-order chi connectivity index (χ0) is 20.6. The number of carbonyl (C=O) groups excluding carboxylic acids is 2. The summed E-state index contributed by atoms with van der Waals surface area (Å²) >= 11 is 0. The number of hydrogen-bond donors (Lipinski definition) is 1. The topological polar surface area (TPSA) is 101 Å². The summed E-state index contributed by atoms with van der Waals surface area (Å²) in [4.78, 5) is 51.4. The first kappa shape index (κ1) is 19.7. The molecule has 148 valence electrons. The number of H-pyrrole nitrogens is 1. The van der Waals surface area contributed by atoms with Gasteiger partial charge < -0.3 is 4.74 Å². The Labute approximate surface area is 159 Å². The zero-order valence-corrected chi connectivity index (χ0v) is 15.7. The number of aromatic nitrogens is 2. The van der Waals surface area contributed by atoms with E-state index in [1.165, 1.54) is 0 Å². The van der Waals surface area contributed by atoms with Crippen LogP contribution in [-0.4, -0.2) is 38.4 Å². The number of nitrogens with zero attached hydrogens (tertiary/aromatic N) is 2. The molecule has 0 saturated carbocycles. The molecule has 2 heterocycles. The Morgan fingerprint density at radius 2 is 1.64 bits per heavy atom. The molecule has 9 heteroatoms. The zero-order valence-electron chi connectivity index (χ0n) is 15.7. The minimum Gasteiger partial charge on any atom is -0.352 e. The molecule has 3 rings (SSSR count). The molecule has 1 aromatic heterocycles. The van der Waals surface area contributed by atoms with Crippen LogP contribution in [0.3, 0.4) is 0 Å². The van der Waals surface area contributed by atoms with Crippen LogP contribution < -0.4 is 11.2 Å². The van der Waals surface area contributed by atoms with Crippen molar-refractivity contribution in [1.29, 1.82) is 0 Å². The number of imide groups is 1. The molecule has 1 aliphatic rings. The van der Waals surface area contributed by atoms with Gasteiger partial charge in [0.2, 0.25) is 5.82 Å². The van der Waals surface area contributed by atoms with Gasteiger partial charge in [-0.25, -0.2) is 4.79 Å². The summed E-state index contributed by atoms with van der Waals surface area (Å²) in [6.07, 6.45) is -0.197. The maximum Gasteiger partial charge on any atom is 0.330 e. The molecule has 2 amide bonds. The molecule has 8 nitrogen and oxygen atoms in total. The first-order chi connectivity index (χ1) is 13.1. The Kier molecular flexibility index (Phi) is 5.03. The van der Waals surface area contributed by atoms with Crippen LogP contribution in [0.1, 0.15) is 54.1 Å². The molecule has 28 heavy (non-hydrogen) atoms. The smallest absolute Gasteiger partial charge is 0.330 e. The van der Waals surface area contributed by atoms with Crippen LogP contribution in [0.4, 0.5) is 4.39 Å². The van der Waals surface area contributed by atoms with E-state index in [0.29, 0.717) is 11.1 Å². The van der Waals surface area contributed by atoms with Crippen molar-refractivity contribution in [3.8, 4) is 0 Å². The molecular weight excluding hydrogens is 369 g/mol. The molecule has 0 bridgehead atoms. The Balaban J connectivity index is 1.87. The summed E-state index contributed by atoms with van der Waals surface area (Å²) in [6.45, 7) is 5.19. The van der Waals surface area contributed by atoms with E-state index in [2.05, 4.69) is 0 Å². The lowest BCUT2D eigenvalue weighted by atomic mass is 10.1. The highest BCUT2D eigenvalue weighted by Gasteiger charge is 2.35. The van der Waals surface area contributed by atoms with Crippen LogP contribution in [0.15, 0.2) is 40.1 Å². The number of nitrogens with one attached hydrogen (secondary N) is 1. The summed E-state index contributed by atoms with van der Waals surface area (Å²) in [5.41, 5.74) is -2.06. The third-order valence-electron chi connectivity index (χ3n) is 4.20. The predicted molar refractivity (Wildman–Crippen MR) is 97.6 cm³/mol. The van der Waals surface area contributed by atoms with E-state index in [9.17, 15) is 23.6 Å². The Morgan fingerprint density at radius 3 is 2.18 bits per heavy atom. The van der Waals surface area contributed by atoms with Gasteiger partial charge in [0.1, 0.15) is 6.23 Å². The van der Waals surface area contributed by atoms with Gasteiger partial charge in [0, 0.05) is 13.0 Å². The molecule has 0 spiro atoms. The largest absolute Gasteiger partial charge is 0.352 e. The second kappa shape index (κ2) is 7.16. The Bertz CT molecular complexity index is 1020. The van der Waals surface area contributed by atoms with Crippen molar-refractivity contribution in [3.63, 3.8) is 0 Å². The van der Waals surface area contributed by atoms with Gasteiger partial charge in [-0.15, -0.1) is 0 Å². The summed E-state index contributed by atoms with van der Waals surface area (Å²) < 4.78 is 20.5. The maximum atomic E-state index is 13.7. The number of halogens is 1. The number of benzene rings is 1. The van der Waals surface area contributed by atoms with Gasteiger partial charge in [-0.3, -0.25) is 28.8 Å². The van der Waals surface area contributed by atoms with Crippen LogP contribution in [0.5, 0.6) is 0 Å². The highest BCUT2D eigenvalue weighted by atomic mass is 19.1. The first-order valence-corrected chi connectivity index (χ1v) is 8.72. The monoisotopic (exact) mass is 389 g/mol. The van der Waals surface area contributed by atoms with E-state index in [1.54, 1.807) is 45.0 Å². The van der Waals surface area contributed by atoms with Gasteiger partial charge in [-0.2, -0.15) is 4.39 Å². The standard InChI is InChI=1S/C19H20FN3O5/c1-19(2,3)28-14(23-10-13(20)15(24)21-18(23)27)8-9-22-16(25)11-6-4-5-7-12(11)17(22)26/h4-7,10,14H,8-9H2,1-3H3,(H,21,24,27). The van der Waals surface area contributed by atoms with Crippen molar-refractivity contribution in [1.82, 2.24) is 14.5 Å². The minimum absolute atomic E-state index is 0.0358. The maximum absolute atomic E-state index is 13.7. The summed E-state index contributed by atoms with van der Waals surface area (Å²) in [5, 5.41) is 0.